The van der Waals surface area contributed by atoms with Crippen LogP contribution in [0.25, 0.3) is 0 Å². The Bertz CT molecular complexity index is 630. The minimum absolute atomic E-state index is 0. The van der Waals surface area contributed by atoms with E-state index in [4.69, 9.17) is 9.47 Å². The van der Waals surface area contributed by atoms with Crippen LogP contribution in [0.1, 0.15) is 13.8 Å². The van der Waals surface area contributed by atoms with Crippen LogP contribution >= 0.6 is 7.26 Å². The summed E-state index contributed by atoms with van der Waals surface area (Å²) in [5, 5.41) is 2.00. The smallest absolute Gasteiger partial charge is 0.344 e. The number of carbonyl (C=O) groups excluding carboxylic acids is 2. The molecule has 140 valence electrons. The summed E-state index contributed by atoms with van der Waals surface area (Å²) in [7, 11) is -2.32. The van der Waals surface area contributed by atoms with Crippen LogP contribution in [-0.2, 0) is 19.1 Å². The number of benzene rings is 2. The Morgan fingerprint density at radius 1 is 0.731 bits per heavy atom. The highest BCUT2D eigenvalue weighted by molar-refractivity contribution is 7.90. The zero-order valence-electron chi connectivity index (χ0n) is 15.1. The van der Waals surface area contributed by atoms with E-state index in [0.717, 1.165) is 10.6 Å². The number of halogens is 1. The maximum Gasteiger partial charge on any atom is 0.344 e. The maximum absolute atomic E-state index is 12.4. The van der Waals surface area contributed by atoms with Gasteiger partial charge < -0.3 is 21.9 Å². The lowest BCUT2D eigenvalue weighted by Gasteiger charge is -2.25. The van der Waals surface area contributed by atoms with E-state index in [1.165, 1.54) is 0 Å². The molecular formula is C20H24ClO4P. The molecule has 0 aliphatic heterocycles. The molecule has 0 aliphatic rings. The monoisotopic (exact) mass is 394 g/mol. The average molecular weight is 395 g/mol. The normalized spacial score (nSPS) is 10.5. The van der Waals surface area contributed by atoms with Crippen LogP contribution in [0.2, 0.25) is 0 Å². The number of esters is 2. The van der Waals surface area contributed by atoms with Crippen molar-refractivity contribution in [3.63, 3.8) is 0 Å². The van der Waals surface area contributed by atoms with E-state index in [-0.39, 0.29) is 36.7 Å². The molecule has 0 atom stereocenters. The van der Waals surface area contributed by atoms with Crippen molar-refractivity contribution in [2.24, 2.45) is 0 Å². The van der Waals surface area contributed by atoms with Crippen molar-refractivity contribution in [2.45, 2.75) is 13.8 Å². The van der Waals surface area contributed by atoms with Gasteiger partial charge in [-0.05, 0) is 38.1 Å². The number of hydrogen-bond acceptors (Lipinski definition) is 4. The SMILES string of the molecule is CCOC(=O)C[P+](CC(=O)OCC)(c1ccccc1)c1ccccc1.[Cl-]. The van der Waals surface area contributed by atoms with Crippen LogP contribution < -0.4 is 23.0 Å². The molecule has 0 bridgehead atoms. The Morgan fingerprint density at radius 2 is 1.08 bits per heavy atom. The lowest BCUT2D eigenvalue weighted by molar-refractivity contribution is -0.140. The highest BCUT2D eigenvalue weighted by atomic mass is 35.5. The molecule has 0 heterocycles. The quantitative estimate of drug-likeness (QED) is 0.459. The summed E-state index contributed by atoms with van der Waals surface area (Å²) in [6.07, 6.45) is 0.376. The lowest BCUT2D eigenvalue weighted by Crippen LogP contribution is -3.00. The Morgan fingerprint density at radius 3 is 1.38 bits per heavy atom. The molecule has 0 saturated carbocycles. The number of carbonyl (C=O) groups is 2. The van der Waals surface area contributed by atoms with Gasteiger partial charge in [0, 0.05) is 0 Å². The van der Waals surface area contributed by atoms with Crippen LogP contribution in [0.5, 0.6) is 0 Å². The zero-order valence-corrected chi connectivity index (χ0v) is 16.7. The first-order valence-electron chi connectivity index (χ1n) is 8.42. The number of hydrogen-bond donors (Lipinski definition) is 0. The first-order chi connectivity index (χ1) is 12.1. The van der Waals surface area contributed by atoms with Crippen LogP contribution in [0.4, 0.5) is 0 Å². The molecule has 0 amide bonds. The van der Waals surface area contributed by atoms with E-state index in [2.05, 4.69) is 0 Å². The Labute approximate surface area is 161 Å². The third kappa shape index (κ3) is 5.55. The highest BCUT2D eigenvalue weighted by Gasteiger charge is 2.47. The van der Waals surface area contributed by atoms with Crippen LogP contribution in [0.3, 0.4) is 0 Å². The highest BCUT2D eigenvalue weighted by Crippen LogP contribution is 2.56. The molecule has 2 aromatic carbocycles. The van der Waals surface area contributed by atoms with Crippen LogP contribution in [0, 0.1) is 0 Å². The zero-order chi connectivity index (χ0) is 18.1. The molecule has 26 heavy (non-hydrogen) atoms. The van der Waals surface area contributed by atoms with Gasteiger partial charge in [-0.15, -0.1) is 0 Å². The first-order valence-corrected chi connectivity index (χ1v) is 10.6. The minimum Gasteiger partial charge on any atom is -1.00 e. The molecule has 0 saturated heterocycles. The van der Waals surface area contributed by atoms with Crippen molar-refractivity contribution in [1.29, 1.82) is 0 Å². The summed E-state index contributed by atoms with van der Waals surface area (Å²) >= 11 is 0. The third-order valence-corrected chi connectivity index (χ3v) is 8.08. The van der Waals surface area contributed by atoms with E-state index in [1.54, 1.807) is 13.8 Å². The predicted molar refractivity (Wildman–Crippen MR) is 102 cm³/mol. The van der Waals surface area contributed by atoms with Gasteiger partial charge >= 0.3 is 11.9 Å². The van der Waals surface area contributed by atoms with Gasteiger partial charge in [0.25, 0.3) is 0 Å². The molecule has 4 nitrogen and oxygen atoms in total. The average Bonchev–Trinajstić information content (AvgIpc) is 2.63. The van der Waals surface area contributed by atoms with E-state index >= 15 is 0 Å². The second-order valence-electron chi connectivity index (χ2n) is 5.57. The van der Waals surface area contributed by atoms with Gasteiger partial charge in [0.1, 0.15) is 17.9 Å². The van der Waals surface area contributed by atoms with Gasteiger partial charge in [0.2, 0.25) is 0 Å². The predicted octanol–water partition coefficient (Wildman–Crippen LogP) is -0.215. The van der Waals surface area contributed by atoms with Crippen LogP contribution in [-0.4, -0.2) is 37.5 Å². The third-order valence-electron chi connectivity index (χ3n) is 3.91. The molecule has 6 heteroatoms. The van der Waals surface area contributed by atoms with Crippen molar-refractivity contribution in [3.05, 3.63) is 60.7 Å². The summed E-state index contributed by atoms with van der Waals surface area (Å²) in [5.74, 6) is -0.569. The molecule has 0 N–H and O–H groups in total. The maximum atomic E-state index is 12.4. The van der Waals surface area contributed by atoms with E-state index < -0.39 is 7.26 Å². The van der Waals surface area contributed by atoms with Crippen molar-refractivity contribution in [1.82, 2.24) is 0 Å². The molecule has 0 aliphatic carbocycles. The fourth-order valence-corrected chi connectivity index (χ4v) is 6.54. The van der Waals surface area contributed by atoms with Gasteiger partial charge in [-0.1, -0.05) is 36.4 Å². The summed E-state index contributed by atoms with van der Waals surface area (Å²) in [4.78, 5) is 24.8. The fraction of sp³-hybridized carbons (Fsp3) is 0.300. The second kappa shape index (κ2) is 10.9. The Kier molecular flexibility index (Phi) is 9.32. The van der Waals surface area contributed by atoms with E-state index in [1.807, 2.05) is 60.7 Å². The largest absolute Gasteiger partial charge is 1.00 e. The number of ether oxygens (including phenoxy) is 2. The van der Waals surface area contributed by atoms with Crippen molar-refractivity contribution in [2.75, 3.05) is 25.5 Å². The van der Waals surface area contributed by atoms with Crippen molar-refractivity contribution in [3.8, 4) is 0 Å². The Balaban J connectivity index is 0.00000338. The molecule has 0 unspecified atom stereocenters. The van der Waals surface area contributed by atoms with Crippen molar-refractivity contribution >= 4 is 29.8 Å². The van der Waals surface area contributed by atoms with Gasteiger partial charge in [0.15, 0.2) is 12.3 Å². The lowest BCUT2D eigenvalue weighted by atomic mass is 10.4. The summed E-state index contributed by atoms with van der Waals surface area (Å²) in [6, 6.07) is 19.5. The molecule has 0 aromatic heterocycles. The van der Waals surface area contributed by atoms with Gasteiger partial charge in [-0.25, -0.2) is 9.59 Å². The van der Waals surface area contributed by atoms with Crippen LogP contribution in [0.15, 0.2) is 60.7 Å². The Hall–Kier alpha value is -1.90. The fourth-order valence-electron chi connectivity index (χ4n) is 2.85. The van der Waals surface area contributed by atoms with Gasteiger partial charge in [0.05, 0.1) is 13.2 Å². The summed E-state index contributed by atoms with van der Waals surface area (Å²) in [5.41, 5.74) is 0. The van der Waals surface area contributed by atoms with E-state index in [0.29, 0.717) is 13.2 Å². The second-order valence-corrected chi connectivity index (χ2v) is 9.17. The summed E-state index contributed by atoms with van der Waals surface area (Å²) < 4.78 is 10.4. The molecule has 0 radical (unpaired) electrons. The number of rotatable bonds is 8. The first kappa shape index (κ1) is 22.1. The molecule has 2 rings (SSSR count). The summed E-state index contributed by atoms with van der Waals surface area (Å²) in [6.45, 7) is 4.21. The minimum atomic E-state index is -2.32. The van der Waals surface area contributed by atoms with Crippen molar-refractivity contribution < 1.29 is 31.5 Å². The molecule has 2 aromatic rings. The standard InChI is InChI=1S/C20H24O4P.ClH/c1-3-23-19(21)15-25(16-20(22)24-4-2,17-11-7-5-8-12-17)18-13-9-6-10-14-18;/h5-14H,3-4,15-16H2,1-2H3;1H/q+1;/p-1. The van der Waals surface area contributed by atoms with E-state index in [9.17, 15) is 9.59 Å². The molecular weight excluding hydrogens is 371 g/mol. The van der Waals surface area contributed by atoms with Gasteiger partial charge in [-0.2, -0.15) is 0 Å². The van der Waals surface area contributed by atoms with Gasteiger partial charge in [-0.3, -0.25) is 0 Å². The molecule has 0 spiro atoms. The molecule has 0 fully saturated rings. The topological polar surface area (TPSA) is 52.6 Å².